The van der Waals surface area contributed by atoms with E-state index in [0.29, 0.717) is 36.8 Å². The number of rotatable bonds is 8. The lowest BCUT2D eigenvalue weighted by molar-refractivity contribution is 0.198. The molecule has 0 atom stereocenters. The van der Waals surface area contributed by atoms with Gasteiger partial charge in [0.05, 0.1) is 24.1 Å². The lowest BCUT2D eigenvalue weighted by Crippen LogP contribution is -2.34. The van der Waals surface area contributed by atoms with Crippen molar-refractivity contribution in [3.05, 3.63) is 51.1 Å². The predicted octanol–water partition coefficient (Wildman–Crippen LogP) is 2.38. The Balaban J connectivity index is 1.20. The van der Waals surface area contributed by atoms with Crippen LogP contribution in [0.2, 0.25) is 0 Å². The molecule has 0 aromatic carbocycles. The highest BCUT2D eigenvalue weighted by Crippen LogP contribution is 2.44. The first-order valence-corrected chi connectivity index (χ1v) is 12.0. The summed E-state index contributed by atoms with van der Waals surface area (Å²) in [5.41, 5.74) is 6.04. The minimum absolute atomic E-state index is 0.0770. The molecule has 1 aliphatic heterocycles. The number of H-pyrrole nitrogens is 2. The predicted molar refractivity (Wildman–Crippen MR) is 125 cm³/mol. The second kappa shape index (κ2) is 9.23. The zero-order valence-corrected chi connectivity index (χ0v) is 19.5. The van der Waals surface area contributed by atoms with Crippen LogP contribution in [0.1, 0.15) is 72.4 Å². The fraction of sp³-hybridized carbons (Fsp3) is 0.583. The summed E-state index contributed by atoms with van der Waals surface area (Å²) in [6.07, 6.45) is 7.66. The molecule has 9 heteroatoms. The van der Waals surface area contributed by atoms with Gasteiger partial charge in [0, 0.05) is 48.0 Å². The Morgan fingerprint density at radius 1 is 1.18 bits per heavy atom. The second-order valence-corrected chi connectivity index (χ2v) is 9.50. The first kappa shape index (κ1) is 22.0. The van der Waals surface area contributed by atoms with Crippen LogP contribution < -0.4 is 5.56 Å². The zero-order chi connectivity index (χ0) is 22.9. The van der Waals surface area contributed by atoms with E-state index in [2.05, 4.69) is 36.2 Å². The van der Waals surface area contributed by atoms with Gasteiger partial charge in [-0.25, -0.2) is 4.98 Å². The fourth-order valence-corrected chi connectivity index (χ4v) is 5.08. The van der Waals surface area contributed by atoms with E-state index in [-0.39, 0.29) is 12.2 Å². The monoisotopic (exact) mass is 451 g/mol. The number of nitrogens with one attached hydrogen (secondary N) is 2. The summed E-state index contributed by atoms with van der Waals surface area (Å²) < 4.78 is 2.00. The van der Waals surface area contributed by atoms with Gasteiger partial charge < -0.3 is 10.1 Å². The average Bonchev–Trinajstić information content (AvgIpc) is 3.37. The van der Waals surface area contributed by atoms with E-state index in [4.69, 9.17) is 5.11 Å². The Kier molecular flexibility index (Phi) is 6.16. The summed E-state index contributed by atoms with van der Waals surface area (Å²) in [4.78, 5) is 22.3. The van der Waals surface area contributed by atoms with Crippen molar-refractivity contribution >= 4 is 0 Å². The van der Waals surface area contributed by atoms with Crippen molar-refractivity contribution in [3.63, 3.8) is 0 Å². The van der Waals surface area contributed by atoms with Gasteiger partial charge in [-0.2, -0.15) is 10.2 Å². The van der Waals surface area contributed by atoms with Crippen LogP contribution in [0.5, 0.6) is 0 Å². The quantitative estimate of drug-likeness (QED) is 0.484. The minimum atomic E-state index is -0.0770. The number of hydrogen-bond donors (Lipinski definition) is 3. The van der Waals surface area contributed by atoms with Crippen molar-refractivity contribution in [2.75, 3.05) is 19.7 Å². The molecule has 0 amide bonds. The molecule has 1 saturated carbocycles. The van der Waals surface area contributed by atoms with Gasteiger partial charge in [0.1, 0.15) is 5.82 Å². The molecule has 9 nitrogen and oxygen atoms in total. The Morgan fingerprint density at radius 3 is 2.67 bits per heavy atom. The van der Waals surface area contributed by atoms with Gasteiger partial charge in [-0.05, 0) is 64.6 Å². The van der Waals surface area contributed by atoms with E-state index in [1.807, 2.05) is 24.9 Å². The van der Waals surface area contributed by atoms with Crippen LogP contribution in [0.25, 0.3) is 11.3 Å². The van der Waals surface area contributed by atoms with Crippen LogP contribution in [0.3, 0.4) is 0 Å². The highest BCUT2D eigenvalue weighted by molar-refractivity contribution is 5.63. The first-order valence-electron chi connectivity index (χ1n) is 12.0. The maximum atomic E-state index is 12.4. The van der Waals surface area contributed by atoms with E-state index in [0.717, 1.165) is 48.7 Å². The molecule has 0 radical (unpaired) electrons. The van der Waals surface area contributed by atoms with E-state index >= 15 is 0 Å². The van der Waals surface area contributed by atoms with Gasteiger partial charge in [-0.3, -0.25) is 19.5 Å². The number of aliphatic hydroxyl groups excluding tert-OH is 1. The molecule has 176 valence electrons. The van der Waals surface area contributed by atoms with Gasteiger partial charge in [0.25, 0.3) is 5.56 Å². The maximum Gasteiger partial charge on any atom is 0.254 e. The van der Waals surface area contributed by atoms with Crippen molar-refractivity contribution < 1.29 is 5.11 Å². The maximum absolute atomic E-state index is 12.4. The van der Waals surface area contributed by atoms with Crippen LogP contribution in [0.15, 0.2) is 17.1 Å². The summed E-state index contributed by atoms with van der Waals surface area (Å²) in [5, 5.41) is 21.4. The first-order chi connectivity index (χ1) is 16.0. The number of nitrogens with zero attached hydrogens (tertiary/aromatic N) is 5. The number of aryl methyl sites for hydroxylation is 2. The molecule has 3 aromatic heterocycles. The summed E-state index contributed by atoms with van der Waals surface area (Å²) in [5.74, 6) is 1.80. The van der Waals surface area contributed by atoms with Crippen molar-refractivity contribution in [2.45, 2.75) is 63.8 Å². The van der Waals surface area contributed by atoms with E-state index in [1.54, 1.807) is 0 Å². The van der Waals surface area contributed by atoms with E-state index in [1.165, 1.54) is 24.2 Å². The van der Waals surface area contributed by atoms with Crippen LogP contribution >= 0.6 is 0 Å². The summed E-state index contributed by atoms with van der Waals surface area (Å²) in [6.45, 7) is 4.52. The molecule has 4 heterocycles. The third-order valence-electron chi connectivity index (χ3n) is 7.08. The smallest absolute Gasteiger partial charge is 0.254 e. The molecule has 1 saturated heterocycles. The molecule has 5 rings (SSSR count). The van der Waals surface area contributed by atoms with Gasteiger partial charge >= 0.3 is 0 Å². The molecule has 3 aromatic rings. The fourth-order valence-electron chi connectivity index (χ4n) is 5.08. The molecule has 0 bridgehead atoms. The summed E-state index contributed by atoms with van der Waals surface area (Å²) >= 11 is 0. The van der Waals surface area contributed by atoms with Crippen molar-refractivity contribution in [3.8, 4) is 11.3 Å². The molecular weight excluding hydrogens is 418 g/mol. The number of likely N-dealkylation sites (tertiary alicyclic amines) is 1. The Bertz CT molecular complexity index is 1170. The van der Waals surface area contributed by atoms with Crippen molar-refractivity contribution in [1.82, 2.24) is 34.8 Å². The normalized spacial score (nSPS) is 17.7. The molecule has 2 fully saturated rings. The molecule has 2 aliphatic rings. The van der Waals surface area contributed by atoms with Crippen molar-refractivity contribution in [2.24, 2.45) is 7.05 Å². The lowest BCUT2D eigenvalue weighted by Gasteiger charge is -2.31. The van der Waals surface area contributed by atoms with Crippen molar-refractivity contribution in [1.29, 1.82) is 0 Å². The highest BCUT2D eigenvalue weighted by Gasteiger charge is 2.31. The number of aromatic amines is 2. The second-order valence-electron chi connectivity index (χ2n) is 9.50. The lowest BCUT2D eigenvalue weighted by atomic mass is 9.93. The Morgan fingerprint density at radius 2 is 1.97 bits per heavy atom. The van der Waals surface area contributed by atoms with Crippen LogP contribution in [-0.4, -0.2) is 59.6 Å². The molecule has 0 unspecified atom stereocenters. The highest BCUT2D eigenvalue weighted by atomic mass is 16.3. The van der Waals surface area contributed by atoms with Gasteiger partial charge in [0.2, 0.25) is 0 Å². The number of aromatic nitrogens is 6. The molecule has 33 heavy (non-hydrogen) atoms. The van der Waals surface area contributed by atoms with Crippen LogP contribution in [0, 0.1) is 6.92 Å². The van der Waals surface area contributed by atoms with Gasteiger partial charge in [0.15, 0.2) is 0 Å². The number of aliphatic hydroxyl groups is 1. The number of piperidine rings is 1. The standard InChI is InChI=1S/C24H33N7O2/c1-15-18(4-3-11-32)24(33)27-22(26-15)14-31-9-7-16(8-10-31)20-12-21(29-28-20)19-13-25-30(2)23(19)17-5-6-17/h12-13,16-17,32H,3-11,14H2,1-2H3,(H,28,29)(H,26,27,33). The third kappa shape index (κ3) is 4.65. The van der Waals surface area contributed by atoms with Gasteiger partial charge in [-0.15, -0.1) is 0 Å². The van der Waals surface area contributed by atoms with E-state index < -0.39 is 0 Å². The van der Waals surface area contributed by atoms with Crippen LogP contribution in [0.4, 0.5) is 0 Å². The molecular formula is C24H33N7O2. The SMILES string of the molecule is Cc1nc(CN2CCC(c3cc(-c4cnn(C)c4C4CC4)n[nH]3)CC2)[nH]c(=O)c1CCCO. The topological polar surface area (TPSA) is 116 Å². The number of hydrogen-bond acceptors (Lipinski definition) is 6. The summed E-state index contributed by atoms with van der Waals surface area (Å²) in [6, 6.07) is 2.21. The Labute approximate surface area is 193 Å². The third-order valence-corrected chi connectivity index (χ3v) is 7.08. The van der Waals surface area contributed by atoms with Gasteiger partial charge in [-0.1, -0.05) is 0 Å². The molecule has 3 N–H and O–H groups in total. The van der Waals surface area contributed by atoms with E-state index in [9.17, 15) is 4.79 Å². The zero-order valence-electron chi connectivity index (χ0n) is 19.5. The minimum Gasteiger partial charge on any atom is -0.396 e. The average molecular weight is 452 g/mol. The molecule has 0 spiro atoms. The Hall–Kier alpha value is -2.78. The summed E-state index contributed by atoms with van der Waals surface area (Å²) in [7, 11) is 2.02. The molecule has 1 aliphatic carbocycles. The van der Waals surface area contributed by atoms with Crippen LogP contribution in [-0.2, 0) is 20.0 Å². The largest absolute Gasteiger partial charge is 0.396 e.